The van der Waals surface area contributed by atoms with Crippen molar-refractivity contribution in [3.05, 3.63) is 52.6 Å². The zero-order valence-corrected chi connectivity index (χ0v) is 10.3. The molecule has 0 aliphatic rings. The Morgan fingerprint density at radius 3 is 2.59 bits per heavy atom. The fraction of sp³-hybridized carbons (Fsp3) is 0. The maximum absolute atomic E-state index is 11.0. The third-order valence-electron chi connectivity index (χ3n) is 2.06. The van der Waals surface area contributed by atoms with Crippen LogP contribution in [0.3, 0.4) is 0 Å². The number of carbonyl (C=O) groups is 1. The summed E-state index contributed by atoms with van der Waals surface area (Å²) in [6.45, 7) is 0. The van der Waals surface area contributed by atoms with Gasteiger partial charge in [0.1, 0.15) is 5.75 Å². The van der Waals surface area contributed by atoms with Crippen LogP contribution in [0.1, 0.15) is 10.4 Å². The highest BCUT2D eigenvalue weighted by molar-refractivity contribution is 9.10. The van der Waals surface area contributed by atoms with Crippen molar-refractivity contribution in [1.82, 2.24) is 4.98 Å². The lowest BCUT2D eigenvalue weighted by Gasteiger charge is -2.05. The summed E-state index contributed by atoms with van der Waals surface area (Å²) in [5, 5.41) is 0. The van der Waals surface area contributed by atoms with Gasteiger partial charge in [0.05, 0.1) is 0 Å². The molecule has 0 atom stereocenters. The first-order valence-corrected chi connectivity index (χ1v) is 5.64. The van der Waals surface area contributed by atoms with E-state index in [1.54, 1.807) is 12.1 Å². The Bertz CT molecular complexity index is 540. The topological polar surface area (TPSA) is 65.2 Å². The molecule has 5 heteroatoms. The molecule has 2 N–H and O–H groups in total. The van der Waals surface area contributed by atoms with E-state index >= 15 is 0 Å². The lowest BCUT2D eigenvalue weighted by molar-refractivity contribution is 0.1000. The van der Waals surface area contributed by atoms with Crippen molar-refractivity contribution in [2.45, 2.75) is 0 Å². The molecular formula is C12H9BrN2O2. The number of rotatable bonds is 3. The van der Waals surface area contributed by atoms with Crippen LogP contribution in [-0.2, 0) is 0 Å². The maximum atomic E-state index is 11.0. The van der Waals surface area contributed by atoms with Gasteiger partial charge in [-0.1, -0.05) is 15.9 Å². The Kier molecular flexibility index (Phi) is 3.39. The van der Waals surface area contributed by atoms with E-state index in [0.717, 1.165) is 4.47 Å². The van der Waals surface area contributed by atoms with Gasteiger partial charge in [-0.3, -0.25) is 4.79 Å². The van der Waals surface area contributed by atoms with Crippen molar-refractivity contribution in [2.75, 3.05) is 0 Å². The van der Waals surface area contributed by atoms with Crippen LogP contribution in [0.25, 0.3) is 0 Å². The number of nitrogens with zero attached hydrogens (tertiary/aromatic N) is 1. The molecule has 0 aliphatic heterocycles. The third-order valence-corrected chi connectivity index (χ3v) is 2.58. The van der Waals surface area contributed by atoms with E-state index in [4.69, 9.17) is 10.5 Å². The minimum absolute atomic E-state index is 0.337. The van der Waals surface area contributed by atoms with Gasteiger partial charge in [0.15, 0.2) is 0 Å². The largest absolute Gasteiger partial charge is 0.439 e. The Balaban J connectivity index is 2.21. The molecule has 0 radical (unpaired) electrons. The SMILES string of the molecule is NC(=O)c1ccnc(Oc2ccc(Br)cc2)c1. The minimum atomic E-state index is -0.506. The number of hydrogen-bond donors (Lipinski definition) is 1. The number of halogens is 1. The Hall–Kier alpha value is -1.88. The van der Waals surface area contributed by atoms with E-state index in [2.05, 4.69) is 20.9 Å². The van der Waals surface area contributed by atoms with Crippen molar-refractivity contribution in [3.8, 4) is 11.6 Å². The zero-order chi connectivity index (χ0) is 12.3. The van der Waals surface area contributed by atoms with E-state index in [1.807, 2.05) is 12.1 Å². The first kappa shape index (κ1) is 11.6. The van der Waals surface area contributed by atoms with Gasteiger partial charge in [0, 0.05) is 22.3 Å². The van der Waals surface area contributed by atoms with E-state index in [1.165, 1.54) is 18.3 Å². The number of pyridine rings is 1. The molecular weight excluding hydrogens is 284 g/mol. The highest BCUT2D eigenvalue weighted by atomic mass is 79.9. The van der Waals surface area contributed by atoms with Gasteiger partial charge in [-0.15, -0.1) is 0 Å². The normalized spacial score (nSPS) is 9.94. The lowest BCUT2D eigenvalue weighted by Crippen LogP contribution is -2.10. The van der Waals surface area contributed by atoms with Gasteiger partial charge in [-0.05, 0) is 30.3 Å². The molecule has 1 amide bonds. The molecule has 1 aromatic heterocycles. The summed E-state index contributed by atoms with van der Waals surface area (Å²) < 4.78 is 6.45. The Labute approximate surface area is 107 Å². The fourth-order valence-electron chi connectivity index (χ4n) is 1.24. The summed E-state index contributed by atoms with van der Waals surface area (Å²) in [7, 11) is 0. The molecule has 1 heterocycles. The molecule has 0 unspecified atom stereocenters. The summed E-state index contributed by atoms with van der Waals surface area (Å²) in [5.74, 6) is 0.471. The molecule has 4 nitrogen and oxygen atoms in total. The molecule has 86 valence electrons. The van der Waals surface area contributed by atoms with Gasteiger partial charge in [-0.2, -0.15) is 0 Å². The monoisotopic (exact) mass is 292 g/mol. The number of amides is 1. The van der Waals surface area contributed by atoms with Gasteiger partial charge in [0.25, 0.3) is 0 Å². The molecule has 0 bridgehead atoms. The van der Waals surface area contributed by atoms with Crippen LogP contribution in [0.5, 0.6) is 11.6 Å². The highest BCUT2D eigenvalue weighted by Crippen LogP contribution is 2.21. The van der Waals surface area contributed by atoms with Crippen LogP contribution in [0, 0.1) is 0 Å². The molecule has 0 aliphatic carbocycles. The van der Waals surface area contributed by atoms with E-state index < -0.39 is 5.91 Å². The molecule has 0 spiro atoms. The van der Waals surface area contributed by atoms with Crippen molar-refractivity contribution in [1.29, 1.82) is 0 Å². The zero-order valence-electron chi connectivity index (χ0n) is 8.76. The smallest absolute Gasteiger partial charge is 0.248 e. The number of carbonyl (C=O) groups excluding carboxylic acids is 1. The number of primary amides is 1. The third kappa shape index (κ3) is 3.04. The second kappa shape index (κ2) is 4.97. The average molecular weight is 293 g/mol. The molecule has 0 saturated carbocycles. The van der Waals surface area contributed by atoms with Gasteiger partial charge in [-0.25, -0.2) is 4.98 Å². The number of hydrogen-bond acceptors (Lipinski definition) is 3. The highest BCUT2D eigenvalue weighted by Gasteiger charge is 2.04. The quantitative estimate of drug-likeness (QED) is 0.946. The summed E-state index contributed by atoms with van der Waals surface area (Å²) >= 11 is 3.33. The lowest BCUT2D eigenvalue weighted by atomic mass is 10.2. The van der Waals surface area contributed by atoms with Crippen LogP contribution in [-0.4, -0.2) is 10.9 Å². The number of aromatic nitrogens is 1. The number of ether oxygens (including phenoxy) is 1. The predicted octanol–water partition coefficient (Wildman–Crippen LogP) is 2.74. The molecule has 0 fully saturated rings. The number of benzene rings is 1. The van der Waals surface area contributed by atoms with Crippen LogP contribution >= 0.6 is 15.9 Å². The number of nitrogens with two attached hydrogens (primary N) is 1. The average Bonchev–Trinajstić information content (AvgIpc) is 2.32. The van der Waals surface area contributed by atoms with Gasteiger partial charge in [0.2, 0.25) is 11.8 Å². The molecule has 17 heavy (non-hydrogen) atoms. The Morgan fingerprint density at radius 2 is 1.94 bits per heavy atom. The van der Waals surface area contributed by atoms with Crippen LogP contribution in [0.15, 0.2) is 47.1 Å². The van der Waals surface area contributed by atoms with Crippen molar-refractivity contribution >= 4 is 21.8 Å². The second-order valence-corrected chi connectivity index (χ2v) is 4.22. The summed E-state index contributed by atoms with van der Waals surface area (Å²) in [6, 6.07) is 10.3. The summed E-state index contributed by atoms with van der Waals surface area (Å²) in [5.41, 5.74) is 5.54. The van der Waals surface area contributed by atoms with E-state index in [0.29, 0.717) is 17.2 Å². The molecule has 2 aromatic rings. The van der Waals surface area contributed by atoms with E-state index in [9.17, 15) is 4.79 Å². The first-order chi connectivity index (χ1) is 8.15. The first-order valence-electron chi connectivity index (χ1n) is 4.84. The fourth-order valence-corrected chi connectivity index (χ4v) is 1.51. The van der Waals surface area contributed by atoms with Crippen molar-refractivity contribution in [2.24, 2.45) is 5.73 Å². The molecule has 1 aromatic carbocycles. The van der Waals surface area contributed by atoms with Gasteiger partial charge >= 0.3 is 0 Å². The van der Waals surface area contributed by atoms with Crippen molar-refractivity contribution in [3.63, 3.8) is 0 Å². The van der Waals surface area contributed by atoms with Crippen LogP contribution < -0.4 is 10.5 Å². The van der Waals surface area contributed by atoms with Crippen molar-refractivity contribution < 1.29 is 9.53 Å². The molecule has 0 saturated heterocycles. The summed E-state index contributed by atoms with van der Waals surface area (Å²) in [4.78, 5) is 15.0. The van der Waals surface area contributed by atoms with Crippen LogP contribution in [0.2, 0.25) is 0 Å². The second-order valence-electron chi connectivity index (χ2n) is 3.30. The predicted molar refractivity (Wildman–Crippen MR) is 67.0 cm³/mol. The van der Waals surface area contributed by atoms with E-state index in [-0.39, 0.29) is 0 Å². The van der Waals surface area contributed by atoms with Gasteiger partial charge < -0.3 is 10.5 Å². The minimum Gasteiger partial charge on any atom is -0.439 e. The summed E-state index contributed by atoms with van der Waals surface area (Å²) in [6.07, 6.45) is 1.48. The standard InChI is InChI=1S/C12H9BrN2O2/c13-9-1-3-10(4-2-9)17-11-7-8(12(14)16)5-6-15-11/h1-7H,(H2,14,16). The van der Waals surface area contributed by atoms with Crippen LogP contribution in [0.4, 0.5) is 0 Å². The molecule has 2 rings (SSSR count). The Morgan fingerprint density at radius 1 is 1.24 bits per heavy atom. The maximum Gasteiger partial charge on any atom is 0.248 e.